The Morgan fingerprint density at radius 3 is 2.36 bits per heavy atom. The minimum atomic E-state index is -1.58. The average molecular weight is 372 g/mol. The molecule has 0 saturated heterocycles. The number of hydrogen-bond donors (Lipinski definition) is 1. The Hall–Kier alpha value is -1.86. The molecule has 1 heterocycles. The van der Waals surface area contributed by atoms with E-state index in [1.165, 1.54) is 12.1 Å². The summed E-state index contributed by atoms with van der Waals surface area (Å²) in [5.74, 6) is -3.13. The number of carbonyl (C=O) groups is 1. The van der Waals surface area contributed by atoms with E-state index in [4.69, 9.17) is 0 Å². The quantitative estimate of drug-likeness (QED) is 0.877. The van der Waals surface area contributed by atoms with Crippen LogP contribution in [-0.2, 0) is 6.54 Å². The number of aliphatic hydroxyl groups is 1. The largest absolute Gasteiger partial charge is 0.369 e. The van der Waals surface area contributed by atoms with Crippen molar-refractivity contribution in [1.29, 1.82) is 0 Å². The summed E-state index contributed by atoms with van der Waals surface area (Å²) in [7, 11) is 0. The fraction of sp³-hybridized carbons (Fsp3) is 0.133. The molecular weight excluding hydrogens is 363 g/mol. The lowest BCUT2D eigenvalue weighted by molar-refractivity contribution is 0.0115. The predicted octanol–water partition coefficient (Wildman–Crippen LogP) is 3.51. The number of fused-ring (bicyclic) bond motifs is 1. The molecule has 3 rings (SSSR count). The number of carbonyl (C=O) groups excluding carboxylic acids is 1. The molecule has 1 unspecified atom stereocenters. The standard InChI is InChI=1S/C15H9BrF3NO2/c16-7-4-11(18)9(12(19)5-7)6-20-14(21)8-2-1-3-10(17)13(8)15(20)22/h1-5,15,22H,6H2. The minimum absolute atomic E-state index is 0.00886. The summed E-state index contributed by atoms with van der Waals surface area (Å²) >= 11 is 2.96. The Morgan fingerprint density at radius 2 is 1.77 bits per heavy atom. The zero-order valence-electron chi connectivity index (χ0n) is 11.0. The van der Waals surface area contributed by atoms with Gasteiger partial charge in [-0.25, -0.2) is 13.2 Å². The molecule has 0 spiro atoms. The third-order valence-electron chi connectivity index (χ3n) is 3.53. The Morgan fingerprint density at radius 1 is 1.14 bits per heavy atom. The lowest BCUT2D eigenvalue weighted by Crippen LogP contribution is -2.28. The fourth-order valence-corrected chi connectivity index (χ4v) is 2.86. The Labute approximate surface area is 132 Å². The highest BCUT2D eigenvalue weighted by Crippen LogP contribution is 2.35. The van der Waals surface area contributed by atoms with Crippen molar-refractivity contribution in [3.8, 4) is 0 Å². The molecule has 0 aliphatic carbocycles. The topological polar surface area (TPSA) is 40.5 Å². The lowest BCUT2D eigenvalue weighted by Gasteiger charge is -2.21. The van der Waals surface area contributed by atoms with Gasteiger partial charge in [-0.05, 0) is 24.3 Å². The molecule has 22 heavy (non-hydrogen) atoms. The molecule has 0 bridgehead atoms. The van der Waals surface area contributed by atoms with Gasteiger partial charge in [0.25, 0.3) is 5.91 Å². The molecule has 1 aliphatic rings. The first-order chi connectivity index (χ1) is 10.4. The smallest absolute Gasteiger partial charge is 0.257 e. The van der Waals surface area contributed by atoms with Crippen LogP contribution < -0.4 is 0 Å². The molecule has 1 amide bonds. The SMILES string of the molecule is O=C1c2cccc(F)c2C(O)N1Cc1c(F)cc(Br)cc1F. The van der Waals surface area contributed by atoms with Crippen molar-refractivity contribution < 1.29 is 23.1 Å². The van der Waals surface area contributed by atoms with Gasteiger partial charge >= 0.3 is 0 Å². The fourth-order valence-electron chi connectivity index (χ4n) is 2.46. The maximum atomic E-state index is 13.9. The van der Waals surface area contributed by atoms with Crippen LogP contribution in [0.25, 0.3) is 0 Å². The molecule has 2 aromatic carbocycles. The summed E-state index contributed by atoms with van der Waals surface area (Å²) in [6, 6.07) is 5.92. The Balaban J connectivity index is 1.99. The highest BCUT2D eigenvalue weighted by atomic mass is 79.9. The van der Waals surface area contributed by atoms with Crippen molar-refractivity contribution in [2.24, 2.45) is 0 Å². The van der Waals surface area contributed by atoms with Crippen LogP contribution in [0.15, 0.2) is 34.8 Å². The summed E-state index contributed by atoms with van der Waals surface area (Å²) in [6.45, 7) is -0.501. The van der Waals surface area contributed by atoms with Crippen molar-refractivity contribution in [2.45, 2.75) is 12.8 Å². The van der Waals surface area contributed by atoms with E-state index in [1.807, 2.05) is 0 Å². The molecule has 1 aliphatic heterocycles. The molecule has 7 heteroatoms. The van der Waals surface area contributed by atoms with Gasteiger partial charge in [-0.2, -0.15) is 0 Å². The molecule has 1 atom stereocenters. The highest BCUT2D eigenvalue weighted by Gasteiger charge is 2.38. The van der Waals surface area contributed by atoms with Crippen LogP contribution in [-0.4, -0.2) is 15.9 Å². The van der Waals surface area contributed by atoms with Crippen LogP contribution in [0.1, 0.15) is 27.7 Å². The summed E-state index contributed by atoms with van der Waals surface area (Å²) in [6.07, 6.45) is -1.58. The average Bonchev–Trinajstić information content (AvgIpc) is 2.68. The van der Waals surface area contributed by atoms with Gasteiger partial charge in [0.15, 0.2) is 6.23 Å². The maximum absolute atomic E-state index is 13.9. The molecule has 114 valence electrons. The van der Waals surface area contributed by atoms with E-state index < -0.39 is 36.1 Å². The Bertz CT molecular complexity index is 758. The first-order valence-electron chi connectivity index (χ1n) is 6.31. The van der Waals surface area contributed by atoms with Gasteiger partial charge in [0.2, 0.25) is 0 Å². The van der Waals surface area contributed by atoms with Gasteiger partial charge in [0, 0.05) is 15.6 Å². The lowest BCUT2D eigenvalue weighted by atomic mass is 10.1. The first kappa shape index (κ1) is 15.1. The van der Waals surface area contributed by atoms with E-state index in [1.54, 1.807) is 0 Å². The summed E-state index contributed by atoms with van der Waals surface area (Å²) in [5.41, 5.74) is -0.556. The second-order valence-electron chi connectivity index (χ2n) is 4.86. The van der Waals surface area contributed by atoms with Crippen molar-refractivity contribution in [3.05, 3.63) is 68.9 Å². The van der Waals surface area contributed by atoms with Crippen molar-refractivity contribution in [2.75, 3.05) is 0 Å². The normalized spacial score (nSPS) is 17.0. The molecule has 2 aromatic rings. The molecule has 0 fully saturated rings. The number of aliphatic hydroxyl groups excluding tert-OH is 1. The van der Waals surface area contributed by atoms with Gasteiger partial charge in [-0.1, -0.05) is 22.0 Å². The van der Waals surface area contributed by atoms with Gasteiger partial charge in [-0.3, -0.25) is 4.79 Å². The van der Waals surface area contributed by atoms with Crippen LogP contribution in [0, 0.1) is 17.5 Å². The highest BCUT2D eigenvalue weighted by molar-refractivity contribution is 9.10. The van der Waals surface area contributed by atoms with Gasteiger partial charge in [0.05, 0.1) is 12.1 Å². The van der Waals surface area contributed by atoms with Crippen molar-refractivity contribution >= 4 is 21.8 Å². The number of nitrogens with zero attached hydrogens (tertiary/aromatic N) is 1. The molecule has 1 N–H and O–H groups in total. The van der Waals surface area contributed by atoms with E-state index in [0.29, 0.717) is 0 Å². The molecule has 3 nitrogen and oxygen atoms in total. The number of halogens is 4. The number of benzene rings is 2. The number of amides is 1. The monoisotopic (exact) mass is 371 g/mol. The third-order valence-corrected chi connectivity index (χ3v) is 3.99. The molecule has 0 saturated carbocycles. The molecular formula is C15H9BrF3NO2. The predicted molar refractivity (Wildman–Crippen MR) is 75.3 cm³/mol. The number of rotatable bonds is 2. The third kappa shape index (κ3) is 2.30. The van der Waals surface area contributed by atoms with E-state index in [9.17, 15) is 23.1 Å². The first-order valence-corrected chi connectivity index (χ1v) is 7.10. The second-order valence-corrected chi connectivity index (χ2v) is 5.77. The van der Waals surface area contributed by atoms with E-state index in [-0.39, 0.29) is 21.2 Å². The second kappa shape index (κ2) is 5.40. The van der Waals surface area contributed by atoms with Gasteiger partial charge < -0.3 is 10.0 Å². The van der Waals surface area contributed by atoms with Crippen LogP contribution >= 0.6 is 15.9 Å². The van der Waals surface area contributed by atoms with E-state index in [2.05, 4.69) is 15.9 Å². The number of hydrogen-bond acceptors (Lipinski definition) is 2. The van der Waals surface area contributed by atoms with Crippen LogP contribution in [0.4, 0.5) is 13.2 Å². The maximum Gasteiger partial charge on any atom is 0.257 e. The van der Waals surface area contributed by atoms with Gasteiger partial charge in [-0.15, -0.1) is 0 Å². The minimum Gasteiger partial charge on any atom is -0.369 e. The van der Waals surface area contributed by atoms with Crippen LogP contribution in [0.3, 0.4) is 0 Å². The van der Waals surface area contributed by atoms with E-state index in [0.717, 1.165) is 23.1 Å². The van der Waals surface area contributed by atoms with Crippen molar-refractivity contribution in [3.63, 3.8) is 0 Å². The Kier molecular flexibility index (Phi) is 3.70. The zero-order valence-corrected chi connectivity index (χ0v) is 12.6. The van der Waals surface area contributed by atoms with E-state index >= 15 is 0 Å². The summed E-state index contributed by atoms with van der Waals surface area (Å²) in [5, 5.41) is 10.1. The van der Waals surface area contributed by atoms with Gasteiger partial charge in [0.1, 0.15) is 17.5 Å². The van der Waals surface area contributed by atoms with Crippen LogP contribution in [0.2, 0.25) is 0 Å². The molecule has 0 aromatic heterocycles. The summed E-state index contributed by atoms with van der Waals surface area (Å²) in [4.78, 5) is 13.0. The zero-order chi connectivity index (χ0) is 16.0. The summed E-state index contributed by atoms with van der Waals surface area (Å²) < 4.78 is 41.7. The van der Waals surface area contributed by atoms with Crippen LogP contribution in [0.5, 0.6) is 0 Å². The van der Waals surface area contributed by atoms with Crippen molar-refractivity contribution in [1.82, 2.24) is 4.90 Å². The molecule has 0 radical (unpaired) electrons.